The molecule has 72 valence electrons. The van der Waals surface area contributed by atoms with Crippen LogP contribution < -0.4 is 0 Å². The zero-order valence-corrected chi connectivity index (χ0v) is 8.57. The van der Waals surface area contributed by atoms with E-state index in [9.17, 15) is 0 Å². The Balaban J connectivity index is 3.05. The molecule has 0 aliphatic carbocycles. The van der Waals surface area contributed by atoms with Crippen molar-refractivity contribution in [3.8, 4) is 0 Å². The number of hydrogen-bond donors (Lipinski definition) is 0. The molecule has 1 aromatic heterocycles. The molecule has 0 aromatic carbocycles. The minimum atomic E-state index is 0.784. The van der Waals surface area contributed by atoms with Crippen LogP contribution in [-0.4, -0.2) is 9.97 Å². The van der Waals surface area contributed by atoms with E-state index >= 15 is 0 Å². The molecule has 0 saturated heterocycles. The van der Waals surface area contributed by atoms with Crippen LogP contribution in [0.2, 0.25) is 0 Å². The summed E-state index contributed by atoms with van der Waals surface area (Å²) in [6.45, 7) is 7.52. The Morgan fingerprint density at radius 2 is 2.00 bits per heavy atom. The second-order valence-corrected chi connectivity index (χ2v) is 2.88. The first-order chi connectivity index (χ1) is 6.77. The van der Waals surface area contributed by atoms with E-state index in [0.717, 1.165) is 17.0 Å². The minimum absolute atomic E-state index is 0.784. The molecule has 0 bridgehead atoms. The van der Waals surface area contributed by atoms with Gasteiger partial charge in [-0.1, -0.05) is 30.9 Å². The molecule has 0 atom stereocenters. The van der Waals surface area contributed by atoms with Crippen LogP contribution in [0.1, 0.15) is 18.3 Å². The lowest BCUT2D eigenvalue weighted by Gasteiger charge is -2.00. The predicted octanol–water partition coefficient (Wildman–Crippen LogP) is 2.93. The molecule has 14 heavy (non-hydrogen) atoms. The van der Waals surface area contributed by atoms with Crippen molar-refractivity contribution in [3.63, 3.8) is 0 Å². The van der Waals surface area contributed by atoms with Crippen molar-refractivity contribution in [1.29, 1.82) is 0 Å². The highest BCUT2D eigenvalue weighted by molar-refractivity contribution is 5.74. The summed E-state index contributed by atoms with van der Waals surface area (Å²) in [6, 6.07) is 0. The number of allylic oxidation sites excluding steroid dienone is 5. The monoisotopic (exact) mass is 186 g/mol. The Hall–Kier alpha value is -1.70. The quantitative estimate of drug-likeness (QED) is 0.678. The molecular weight excluding hydrogens is 172 g/mol. The van der Waals surface area contributed by atoms with E-state index in [2.05, 4.69) is 16.5 Å². The molecule has 0 aliphatic rings. The normalized spacial score (nSPS) is 12.0. The lowest BCUT2D eigenvalue weighted by Crippen LogP contribution is -1.89. The van der Waals surface area contributed by atoms with Crippen LogP contribution in [0.5, 0.6) is 0 Å². The second kappa shape index (κ2) is 5.12. The van der Waals surface area contributed by atoms with Gasteiger partial charge >= 0.3 is 0 Å². The van der Waals surface area contributed by atoms with Crippen LogP contribution in [0.3, 0.4) is 0 Å². The van der Waals surface area contributed by atoms with Gasteiger partial charge in [-0.3, -0.25) is 0 Å². The molecule has 1 rings (SSSR count). The molecule has 0 radical (unpaired) electrons. The molecule has 2 nitrogen and oxygen atoms in total. The minimum Gasteiger partial charge on any atom is -0.241 e. The summed E-state index contributed by atoms with van der Waals surface area (Å²) < 4.78 is 0. The Kier molecular flexibility index (Phi) is 3.80. The summed E-state index contributed by atoms with van der Waals surface area (Å²) in [7, 11) is 0. The predicted molar refractivity (Wildman–Crippen MR) is 59.8 cm³/mol. The molecule has 0 fully saturated rings. The van der Waals surface area contributed by atoms with Crippen molar-refractivity contribution in [2.45, 2.75) is 13.8 Å². The Morgan fingerprint density at radius 1 is 1.36 bits per heavy atom. The molecule has 0 spiro atoms. The van der Waals surface area contributed by atoms with Crippen molar-refractivity contribution in [2.75, 3.05) is 0 Å². The Morgan fingerprint density at radius 3 is 2.50 bits per heavy atom. The van der Waals surface area contributed by atoms with E-state index in [1.165, 1.54) is 0 Å². The average molecular weight is 186 g/mol. The first-order valence-corrected chi connectivity index (χ1v) is 4.52. The van der Waals surface area contributed by atoms with Gasteiger partial charge in [-0.25, -0.2) is 9.97 Å². The van der Waals surface area contributed by atoms with Crippen LogP contribution >= 0.6 is 0 Å². The van der Waals surface area contributed by atoms with Crippen molar-refractivity contribution in [3.05, 3.63) is 54.7 Å². The third-order valence-corrected chi connectivity index (χ3v) is 1.76. The van der Waals surface area contributed by atoms with Crippen LogP contribution in [0, 0.1) is 6.92 Å². The van der Waals surface area contributed by atoms with Crippen molar-refractivity contribution >= 4 is 5.57 Å². The lowest BCUT2D eigenvalue weighted by atomic mass is 10.1. The number of nitrogens with zero attached hydrogens (tertiary/aromatic N) is 2. The SMILES string of the molecule is C=CC=C(C=CC)c1cnc(C)nc1. The van der Waals surface area contributed by atoms with Gasteiger partial charge in [0.05, 0.1) is 0 Å². The third kappa shape index (κ3) is 2.66. The molecule has 0 unspecified atom stereocenters. The van der Waals surface area contributed by atoms with Gasteiger partial charge in [0.15, 0.2) is 0 Å². The molecule has 0 aliphatic heterocycles. The molecule has 0 saturated carbocycles. The van der Waals surface area contributed by atoms with Crippen LogP contribution in [-0.2, 0) is 0 Å². The first-order valence-electron chi connectivity index (χ1n) is 4.52. The van der Waals surface area contributed by atoms with Crippen LogP contribution in [0.15, 0.2) is 43.3 Å². The molecule has 1 heterocycles. The van der Waals surface area contributed by atoms with Gasteiger partial charge in [-0.2, -0.15) is 0 Å². The van der Waals surface area contributed by atoms with Crippen LogP contribution in [0.4, 0.5) is 0 Å². The molecule has 0 N–H and O–H groups in total. The molecule has 1 aromatic rings. The third-order valence-electron chi connectivity index (χ3n) is 1.76. The van der Waals surface area contributed by atoms with Gasteiger partial charge in [0.2, 0.25) is 0 Å². The lowest BCUT2D eigenvalue weighted by molar-refractivity contribution is 1.05. The van der Waals surface area contributed by atoms with Gasteiger partial charge in [0.25, 0.3) is 0 Å². The largest absolute Gasteiger partial charge is 0.241 e. The standard InChI is InChI=1S/C12H14N2/c1-4-6-11(7-5-2)12-8-13-10(3)14-9-12/h4-9H,1H2,2-3H3. The van der Waals surface area contributed by atoms with Gasteiger partial charge in [0.1, 0.15) is 5.82 Å². The molecule has 0 amide bonds. The number of hydrogen-bond acceptors (Lipinski definition) is 2. The maximum atomic E-state index is 4.14. The van der Waals surface area contributed by atoms with E-state index in [-0.39, 0.29) is 0 Å². The number of aromatic nitrogens is 2. The van der Waals surface area contributed by atoms with Gasteiger partial charge in [0, 0.05) is 18.0 Å². The summed E-state index contributed by atoms with van der Waals surface area (Å²) >= 11 is 0. The van der Waals surface area contributed by atoms with E-state index < -0.39 is 0 Å². The van der Waals surface area contributed by atoms with E-state index in [0.29, 0.717) is 0 Å². The van der Waals surface area contributed by atoms with Crippen molar-refractivity contribution in [2.24, 2.45) is 0 Å². The maximum Gasteiger partial charge on any atom is 0.125 e. The summed E-state index contributed by atoms with van der Waals surface area (Å²) in [4.78, 5) is 8.29. The van der Waals surface area contributed by atoms with Gasteiger partial charge < -0.3 is 0 Å². The topological polar surface area (TPSA) is 25.8 Å². The smallest absolute Gasteiger partial charge is 0.125 e. The van der Waals surface area contributed by atoms with Crippen molar-refractivity contribution in [1.82, 2.24) is 9.97 Å². The highest BCUT2D eigenvalue weighted by atomic mass is 14.8. The van der Waals surface area contributed by atoms with Crippen molar-refractivity contribution < 1.29 is 0 Å². The van der Waals surface area contributed by atoms with Gasteiger partial charge in [-0.05, 0) is 19.4 Å². The highest BCUT2D eigenvalue weighted by Gasteiger charge is 1.97. The summed E-state index contributed by atoms with van der Waals surface area (Å²) in [5, 5.41) is 0. The second-order valence-electron chi connectivity index (χ2n) is 2.88. The Bertz CT molecular complexity index is 358. The fourth-order valence-electron chi connectivity index (χ4n) is 1.10. The number of rotatable bonds is 3. The van der Waals surface area contributed by atoms with E-state index in [4.69, 9.17) is 0 Å². The Labute approximate surface area is 84.7 Å². The maximum absolute atomic E-state index is 4.14. The summed E-state index contributed by atoms with van der Waals surface area (Å²) in [5.74, 6) is 0.784. The summed E-state index contributed by atoms with van der Waals surface area (Å²) in [5.41, 5.74) is 2.08. The van der Waals surface area contributed by atoms with E-state index in [1.807, 2.05) is 44.5 Å². The zero-order chi connectivity index (χ0) is 10.4. The number of aryl methyl sites for hydroxylation is 1. The fraction of sp³-hybridized carbons (Fsp3) is 0.167. The fourth-order valence-corrected chi connectivity index (χ4v) is 1.10. The van der Waals surface area contributed by atoms with Gasteiger partial charge in [-0.15, -0.1) is 0 Å². The zero-order valence-electron chi connectivity index (χ0n) is 8.57. The molecular formula is C12H14N2. The first kappa shape index (κ1) is 10.4. The van der Waals surface area contributed by atoms with Crippen LogP contribution in [0.25, 0.3) is 5.57 Å². The average Bonchev–Trinajstić information content (AvgIpc) is 2.19. The molecule has 2 heteroatoms. The summed E-state index contributed by atoms with van der Waals surface area (Å²) in [6.07, 6.45) is 11.3. The highest BCUT2D eigenvalue weighted by Crippen LogP contribution is 2.13. The van der Waals surface area contributed by atoms with E-state index in [1.54, 1.807) is 6.08 Å².